The molecule has 0 saturated heterocycles. The highest BCUT2D eigenvalue weighted by molar-refractivity contribution is 5.73. The van der Waals surface area contributed by atoms with Crippen molar-refractivity contribution in [2.75, 3.05) is 17.3 Å². The highest BCUT2D eigenvalue weighted by Gasteiger charge is 2.08. The fraction of sp³-hybridized carbons (Fsp3) is 0.158. The van der Waals surface area contributed by atoms with Crippen LogP contribution in [0.5, 0.6) is 0 Å². The molecule has 4 aromatic rings. The Kier molecular flexibility index (Phi) is 9.75. The Morgan fingerprint density at radius 1 is 0.600 bits per heavy atom. The number of hydrogen-bond donors (Lipinski definition) is 2. The zero-order valence-electron chi connectivity index (χ0n) is 18.2. The van der Waals surface area contributed by atoms with Crippen molar-refractivity contribution in [3.8, 4) is 0 Å². The zero-order valence-corrected chi connectivity index (χ0v) is 19.8. The lowest BCUT2D eigenvalue weighted by molar-refractivity contribution is -2.00. The fourth-order valence-corrected chi connectivity index (χ4v) is 2.73. The summed E-state index contributed by atoms with van der Waals surface area (Å²) in [5.41, 5.74) is 3.74. The molecule has 35 heavy (non-hydrogen) atoms. The average molecular weight is 531 g/mol. The van der Waals surface area contributed by atoms with Crippen molar-refractivity contribution >= 4 is 33.7 Å². The second-order valence-electron chi connectivity index (χ2n) is 6.81. The number of halogens is 2. The molecule has 4 rings (SSSR count). The van der Waals surface area contributed by atoms with Crippen LogP contribution in [-0.2, 0) is 0 Å². The Balaban J connectivity index is 0.000000368. The quantitative estimate of drug-likeness (QED) is 0.233. The van der Waals surface area contributed by atoms with Gasteiger partial charge in [-0.05, 0) is 50.2 Å². The number of aromatic nitrogens is 4. The van der Waals surface area contributed by atoms with Crippen LogP contribution in [0.1, 0.15) is 11.4 Å². The summed E-state index contributed by atoms with van der Waals surface area (Å²) in [5.74, 6) is 1.82. The summed E-state index contributed by atoms with van der Waals surface area (Å²) in [6, 6.07) is 16.3. The van der Waals surface area contributed by atoms with Gasteiger partial charge in [-0.2, -0.15) is 0 Å². The molecule has 4 N–H and O–H groups in total. The summed E-state index contributed by atoms with van der Waals surface area (Å²) < 4.78 is 67.9. The van der Waals surface area contributed by atoms with Crippen LogP contribution in [0, 0.1) is 34.3 Å². The van der Waals surface area contributed by atoms with E-state index in [1.807, 2.05) is 38.1 Å². The van der Waals surface area contributed by atoms with Crippen molar-refractivity contribution in [1.29, 1.82) is 0 Å². The molecular weight excluding hydrogens is 511 g/mol. The molecule has 4 aromatic heterocycles. The summed E-state index contributed by atoms with van der Waals surface area (Å²) in [4.78, 5) is 15.6. The molecule has 0 aliphatic rings. The first-order chi connectivity index (χ1) is 16.2. The molecule has 0 unspecified atom stereocenters. The largest absolute Gasteiger partial charge is 0.275 e. The van der Waals surface area contributed by atoms with E-state index in [9.17, 15) is 0 Å². The predicted octanol–water partition coefficient (Wildman–Crippen LogP) is -7.00. The van der Waals surface area contributed by atoms with E-state index in [0.29, 0.717) is 6.67 Å². The topological polar surface area (TPSA) is 263 Å². The second kappa shape index (κ2) is 12.1. The van der Waals surface area contributed by atoms with E-state index in [0.717, 1.165) is 45.1 Å². The molecule has 0 aliphatic carbocycles. The third kappa shape index (κ3) is 11.8. The molecular formula is C19H20Cl2N6O8. The van der Waals surface area contributed by atoms with Gasteiger partial charge in [0.2, 0.25) is 11.6 Å². The van der Waals surface area contributed by atoms with Crippen molar-refractivity contribution in [3.05, 3.63) is 59.9 Å². The molecule has 14 nitrogen and oxygen atoms in total. The predicted molar refractivity (Wildman–Crippen MR) is 98.2 cm³/mol. The Bertz CT molecular complexity index is 1160. The molecule has 0 atom stereocenters. The monoisotopic (exact) mass is 530 g/mol. The first-order valence-electron chi connectivity index (χ1n) is 9.48. The van der Waals surface area contributed by atoms with Gasteiger partial charge in [0.05, 0.1) is 10.8 Å². The smallest absolute Gasteiger partial charge is 0.267 e. The van der Waals surface area contributed by atoms with Crippen LogP contribution >= 0.6 is 0 Å². The Hall–Kier alpha value is -3.02. The van der Waals surface area contributed by atoms with E-state index in [4.69, 9.17) is 37.3 Å². The van der Waals surface area contributed by atoms with Gasteiger partial charge in [0.25, 0.3) is 11.3 Å². The number of aromatic amines is 2. The highest BCUT2D eigenvalue weighted by Crippen LogP contribution is 2.11. The number of H-pyrrole nitrogens is 2. The number of nitrogens with zero attached hydrogens (tertiary/aromatic N) is 2. The molecule has 16 heteroatoms. The number of rotatable bonds is 4. The molecule has 4 heterocycles. The van der Waals surface area contributed by atoms with Gasteiger partial charge in [-0.25, -0.2) is 47.2 Å². The van der Waals surface area contributed by atoms with E-state index < -0.39 is 20.5 Å². The van der Waals surface area contributed by atoms with Gasteiger partial charge in [0.1, 0.15) is 11.4 Å². The standard InChI is InChI=1S/C19H18N6.2ClHO4/c1-12-3-5-14-7-9-16(24-18(14)22-12)20-11-21-17-10-8-15-6-4-13(2)23-19(15)25-17;2*2-1(3,4)5/h3-10H,11H2,1-2H3,(H,20,22,24)(H,21,23,25);2*(H,2,3,4,5). The normalized spacial score (nSPS) is 11.3. The minimum absolute atomic E-state index is 0.571. The first kappa shape index (κ1) is 28.2. The molecule has 0 spiro atoms. The van der Waals surface area contributed by atoms with Crippen LogP contribution in [0.15, 0.2) is 48.5 Å². The summed E-state index contributed by atoms with van der Waals surface area (Å²) in [6.07, 6.45) is 0. The number of nitrogens with one attached hydrogen (secondary N) is 4. The van der Waals surface area contributed by atoms with Gasteiger partial charge in [-0.15, -0.1) is 30.5 Å². The summed E-state index contributed by atoms with van der Waals surface area (Å²) in [6.45, 7) is 4.54. The molecule has 0 aromatic carbocycles. The third-order valence-electron chi connectivity index (χ3n) is 4.05. The molecule has 0 amide bonds. The van der Waals surface area contributed by atoms with Crippen LogP contribution in [0.25, 0.3) is 22.1 Å². The maximum atomic E-state index is 8.49. The van der Waals surface area contributed by atoms with Crippen molar-refractivity contribution in [2.24, 2.45) is 0 Å². The number of aryl methyl sites for hydroxylation is 2. The lowest BCUT2D eigenvalue weighted by atomic mass is 10.2. The SMILES string of the molecule is Cc1ccc2ccc(NCNc3ccc4ccc(C)nc4[nH+]3)[nH+]c2n1.[O-][Cl+3]([O-])([O-])[O-].[O-][Cl+3]([O-])([O-])[O-]. The minimum atomic E-state index is -4.94. The lowest BCUT2D eigenvalue weighted by Gasteiger charge is -2.17. The minimum Gasteiger partial charge on any atom is -0.275 e. The number of pyridine rings is 4. The molecule has 0 radical (unpaired) electrons. The summed E-state index contributed by atoms with van der Waals surface area (Å²) >= 11 is 0. The van der Waals surface area contributed by atoms with Crippen molar-refractivity contribution in [2.45, 2.75) is 13.8 Å². The van der Waals surface area contributed by atoms with Gasteiger partial charge in [-0.3, -0.25) is 10.6 Å². The van der Waals surface area contributed by atoms with Crippen LogP contribution in [0.2, 0.25) is 0 Å². The van der Waals surface area contributed by atoms with Gasteiger partial charge in [0.15, 0.2) is 6.67 Å². The molecule has 188 valence electrons. The van der Waals surface area contributed by atoms with E-state index in [2.05, 4.69) is 54.8 Å². The average Bonchev–Trinajstić information content (AvgIpc) is 2.71. The molecule has 0 fully saturated rings. The number of fused-ring (bicyclic) bond motifs is 2. The number of anilines is 2. The van der Waals surface area contributed by atoms with E-state index in [1.54, 1.807) is 0 Å². The third-order valence-corrected chi connectivity index (χ3v) is 4.05. The zero-order chi connectivity index (χ0) is 26.2. The van der Waals surface area contributed by atoms with Crippen molar-refractivity contribution < 1.29 is 67.7 Å². The number of hydrogen-bond acceptors (Lipinski definition) is 12. The van der Waals surface area contributed by atoms with Crippen molar-refractivity contribution in [3.63, 3.8) is 0 Å². The fourth-order valence-electron chi connectivity index (χ4n) is 2.73. The van der Waals surface area contributed by atoms with Gasteiger partial charge < -0.3 is 0 Å². The van der Waals surface area contributed by atoms with Crippen LogP contribution in [-0.4, -0.2) is 16.6 Å². The van der Waals surface area contributed by atoms with Gasteiger partial charge >= 0.3 is 0 Å². The van der Waals surface area contributed by atoms with Gasteiger partial charge in [-0.1, -0.05) is 0 Å². The van der Waals surface area contributed by atoms with E-state index in [1.165, 1.54) is 0 Å². The van der Waals surface area contributed by atoms with Crippen LogP contribution in [0.4, 0.5) is 11.6 Å². The Labute approximate surface area is 202 Å². The maximum Gasteiger partial charge on any atom is 0.267 e. The Morgan fingerprint density at radius 2 is 0.914 bits per heavy atom. The highest BCUT2D eigenvalue weighted by atomic mass is 35.7. The maximum absolute atomic E-state index is 8.49. The first-order valence-corrected chi connectivity index (χ1v) is 11.9. The van der Waals surface area contributed by atoms with E-state index >= 15 is 0 Å². The molecule has 0 aliphatic heterocycles. The second-order valence-corrected chi connectivity index (χ2v) is 8.32. The van der Waals surface area contributed by atoms with Crippen LogP contribution < -0.4 is 57.9 Å². The van der Waals surface area contributed by atoms with Gasteiger partial charge in [0, 0.05) is 12.1 Å². The summed E-state index contributed by atoms with van der Waals surface area (Å²) in [5, 5.41) is 8.82. The Morgan fingerprint density at radius 3 is 1.26 bits per heavy atom. The molecule has 0 bridgehead atoms. The lowest BCUT2D eigenvalue weighted by Crippen LogP contribution is -2.68. The van der Waals surface area contributed by atoms with Crippen LogP contribution in [0.3, 0.4) is 0 Å². The molecule has 0 saturated carbocycles. The summed E-state index contributed by atoms with van der Waals surface area (Å²) in [7, 11) is -9.89. The van der Waals surface area contributed by atoms with Crippen molar-refractivity contribution in [1.82, 2.24) is 9.97 Å². The van der Waals surface area contributed by atoms with E-state index in [-0.39, 0.29) is 0 Å².